The van der Waals surface area contributed by atoms with Crippen LogP contribution in [0, 0.1) is 0 Å². The van der Waals surface area contributed by atoms with Crippen molar-refractivity contribution in [3.8, 4) is 0 Å². The number of pyridine rings is 1. The topological polar surface area (TPSA) is 79.8 Å². The minimum atomic E-state index is -0.403. The van der Waals surface area contributed by atoms with Gasteiger partial charge in [0.2, 0.25) is 0 Å². The van der Waals surface area contributed by atoms with Gasteiger partial charge in [0.15, 0.2) is 0 Å². The molecule has 2 aromatic heterocycles. The van der Waals surface area contributed by atoms with Crippen molar-refractivity contribution in [3.63, 3.8) is 0 Å². The number of hydrogen-bond acceptors (Lipinski definition) is 4. The van der Waals surface area contributed by atoms with Crippen molar-refractivity contribution >= 4 is 5.82 Å². The number of nitrogens with zero attached hydrogens (tertiary/aromatic N) is 2. The van der Waals surface area contributed by atoms with E-state index in [-0.39, 0.29) is 5.56 Å². The molecular weight excluding hydrogens is 244 g/mol. The van der Waals surface area contributed by atoms with Crippen LogP contribution in [0.15, 0.2) is 34.1 Å². The number of rotatable bonds is 4. The number of aryl methyl sites for hydroxylation is 1. The molecule has 0 spiro atoms. The third-order valence-corrected chi connectivity index (χ3v) is 2.90. The SMILES string of the molecule is CCc1cn(Cc2ccc(NC)nc2)c(=O)[nH]c1=O. The van der Waals surface area contributed by atoms with E-state index in [9.17, 15) is 9.59 Å². The fourth-order valence-electron chi connectivity index (χ4n) is 1.79. The van der Waals surface area contributed by atoms with Crippen LogP contribution < -0.4 is 16.6 Å². The van der Waals surface area contributed by atoms with E-state index in [1.54, 1.807) is 19.4 Å². The molecule has 2 N–H and O–H groups in total. The Morgan fingerprint density at radius 2 is 2.16 bits per heavy atom. The first kappa shape index (κ1) is 13.1. The lowest BCUT2D eigenvalue weighted by molar-refractivity contribution is 0.706. The Labute approximate surface area is 110 Å². The summed E-state index contributed by atoms with van der Waals surface area (Å²) in [6.07, 6.45) is 3.90. The van der Waals surface area contributed by atoms with Crippen LogP contribution in [0.2, 0.25) is 0 Å². The van der Waals surface area contributed by atoms with Crippen LogP contribution in [0.3, 0.4) is 0 Å². The van der Waals surface area contributed by atoms with Crippen molar-refractivity contribution in [1.29, 1.82) is 0 Å². The fraction of sp³-hybridized carbons (Fsp3) is 0.308. The minimum Gasteiger partial charge on any atom is -0.373 e. The molecule has 0 saturated heterocycles. The molecule has 0 aliphatic rings. The third-order valence-electron chi connectivity index (χ3n) is 2.90. The molecule has 0 aliphatic carbocycles. The van der Waals surface area contributed by atoms with Crippen molar-refractivity contribution in [2.75, 3.05) is 12.4 Å². The highest BCUT2D eigenvalue weighted by atomic mass is 16.2. The summed E-state index contributed by atoms with van der Waals surface area (Å²) in [6.45, 7) is 2.27. The lowest BCUT2D eigenvalue weighted by Crippen LogP contribution is -2.31. The van der Waals surface area contributed by atoms with Crippen molar-refractivity contribution < 1.29 is 0 Å². The van der Waals surface area contributed by atoms with Crippen LogP contribution >= 0.6 is 0 Å². The van der Waals surface area contributed by atoms with Gasteiger partial charge < -0.3 is 5.32 Å². The van der Waals surface area contributed by atoms with Crippen LogP contribution in [0.4, 0.5) is 5.82 Å². The largest absolute Gasteiger partial charge is 0.373 e. The Hall–Kier alpha value is -2.37. The van der Waals surface area contributed by atoms with E-state index < -0.39 is 5.69 Å². The molecule has 0 amide bonds. The lowest BCUT2D eigenvalue weighted by atomic mass is 10.2. The highest BCUT2D eigenvalue weighted by Crippen LogP contribution is 2.05. The van der Waals surface area contributed by atoms with Crippen LogP contribution in [0.25, 0.3) is 0 Å². The molecule has 2 heterocycles. The summed E-state index contributed by atoms with van der Waals surface area (Å²) in [5, 5.41) is 2.93. The average molecular weight is 260 g/mol. The molecule has 0 fully saturated rings. The van der Waals surface area contributed by atoms with Gasteiger partial charge in [-0.25, -0.2) is 9.78 Å². The van der Waals surface area contributed by atoms with Crippen LogP contribution in [0.1, 0.15) is 18.1 Å². The summed E-state index contributed by atoms with van der Waals surface area (Å²) >= 11 is 0. The van der Waals surface area contributed by atoms with Gasteiger partial charge in [-0.1, -0.05) is 13.0 Å². The zero-order valence-corrected chi connectivity index (χ0v) is 10.9. The van der Waals surface area contributed by atoms with Crippen molar-refractivity contribution in [2.45, 2.75) is 19.9 Å². The predicted octanol–water partition coefficient (Wildman–Crippen LogP) is 0.584. The number of H-pyrrole nitrogens is 1. The normalized spacial score (nSPS) is 10.4. The number of nitrogens with one attached hydrogen (secondary N) is 2. The van der Waals surface area contributed by atoms with Gasteiger partial charge in [0.25, 0.3) is 5.56 Å². The van der Waals surface area contributed by atoms with E-state index in [1.807, 2.05) is 19.1 Å². The monoisotopic (exact) mass is 260 g/mol. The number of anilines is 1. The molecule has 0 bridgehead atoms. The second kappa shape index (κ2) is 5.51. The Kier molecular flexibility index (Phi) is 3.79. The van der Waals surface area contributed by atoms with Gasteiger partial charge >= 0.3 is 5.69 Å². The molecule has 2 aromatic rings. The van der Waals surface area contributed by atoms with Gasteiger partial charge in [-0.2, -0.15) is 0 Å². The summed E-state index contributed by atoms with van der Waals surface area (Å²) in [5.41, 5.74) is 0.780. The molecule has 2 rings (SSSR count). The average Bonchev–Trinajstić information content (AvgIpc) is 2.42. The number of aromatic amines is 1. The second-order valence-electron chi connectivity index (χ2n) is 4.20. The molecule has 100 valence electrons. The summed E-state index contributed by atoms with van der Waals surface area (Å²) < 4.78 is 1.48. The number of aromatic nitrogens is 3. The van der Waals surface area contributed by atoms with Gasteiger partial charge in [0, 0.05) is 25.0 Å². The summed E-state index contributed by atoms with van der Waals surface area (Å²) in [6, 6.07) is 3.73. The van der Waals surface area contributed by atoms with E-state index in [1.165, 1.54) is 4.57 Å². The van der Waals surface area contributed by atoms with Gasteiger partial charge in [0.1, 0.15) is 5.82 Å². The van der Waals surface area contributed by atoms with Crippen LogP contribution in [-0.2, 0) is 13.0 Å². The third kappa shape index (κ3) is 2.90. The summed E-state index contributed by atoms with van der Waals surface area (Å²) in [5.74, 6) is 0.770. The maximum atomic E-state index is 11.7. The zero-order chi connectivity index (χ0) is 13.8. The Morgan fingerprint density at radius 1 is 1.37 bits per heavy atom. The molecule has 0 aromatic carbocycles. The van der Waals surface area contributed by atoms with Gasteiger partial charge in [0.05, 0.1) is 6.54 Å². The molecule has 0 unspecified atom stereocenters. The fourth-order valence-corrected chi connectivity index (χ4v) is 1.79. The van der Waals surface area contributed by atoms with Gasteiger partial charge in [-0.15, -0.1) is 0 Å². The smallest absolute Gasteiger partial charge is 0.328 e. The molecule has 0 aliphatic heterocycles. The van der Waals surface area contributed by atoms with E-state index in [0.29, 0.717) is 18.5 Å². The minimum absolute atomic E-state index is 0.313. The maximum absolute atomic E-state index is 11.7. The Bertz CT molecular complexity index is 670. The summed E-state index contributed by atoms with van der Waals surface area (Å²) in [4.78, 5) is 29.7. The molecule has 0 radical (unpaired) electrons. The highest BCUT2D eigenvalue weighted by Gasteiger charge is 2.04. The van der Waals surface area contributed by atoms with Crippen molar-refractivity contribution in [3.05, 3.63) is 56.5 Å². The first-order chi connectivity index (χ1) is 9.13. The lowest BCUT2D eigenvalue weighted by Gasteiger charge is -2.07. The second-order valence-corrected chi connectivity index (χ2v) is 4.20. The van der Waals surface area contributed by atoms with E-state index in [2.05, 4.69) is 15.3 Å². The van der Waals surface area contributed by atoms with E-state index in [0.717, 1.165) is 11.4 Å². The van der Waals surface area contributed by atoms with Crippen LogP contribution in [-0.4, -0.2) is 21.6 Å². The molecular formula is C13H16N4O2. The summed E-state index contributed by atoms with van der Waals surface area (Å²) in [7, 11) is 1.79. The highest BCUT2D eigenvalue weighted by molar-refractivity contribution is 5.34. The molecule has 6 heteroatoms. The van der Waals surface area contributed by atoms with E-state index >= 15 is 0 Å². The molecule has 19 heavy (non-hydrogen) atoms. The zero-order valence-electron chi connectivity index (χ0n) is 10.9. The molecule has 0 saturated carbocycles. The molecule has 0 atom stereocenters. The van der Waals surface area contributed by atoms with Crippen LogP contribution in [0.5, 0.6) is 0 Å². The first-order valence-electron chi connectivity index (χ1n) is 6.09. The Balaban J connectivity index is 2.32. The van der Waals surface area contributed by atoms with Gasteiger partial charge in [-0.05, 0) is 18.1 Å². The Morgan fingerprint density at radius 3 is 2.74 bits per heavy atom. The van der Waals surface area contributed by atoms with Crippen molar-refractivity contribution in [2.24, 2.45) is 0 Å². The van der Waals surface area contributed by atoms with Crippen molar-refractivity contribution in [1.82, 2.24) is 14.5 Å². The quantitative estimate of drug-likeness (QED) is 0.843. The van der Waals surface area contributed by atoms with Gasteiger partial charge in [-0.3, -0.25) is 14.3 Å². The predicted molar refractivity (Wildman–Crippen MR) is 73.6 cm³/mol. The number of hydrogen-bond donors (Lipinski definition) is 2. The standard InChI is InChI=1S/C13H16N4O2/c1-3-10-8-17(13(19)16-12(10)18)7-9-4-5-11(14-2)15-6-9/h4-6,8H,3,7H2,1-2H3,(H,14,15)(H,16,18,19). The molecule has 6 nitrogen and oxygen atoms in total. The first-order valence-corrected chi connectivity index (χ1v) is 6.09. The van der Waals surface area contributed by atoms with E-state index in [4.69, 9.17) is 0 Å². The maximum Gasteiger partial charge on any atom is 0.328 e.